The molecule has 0 saturated heterocycles. The molecule has 0 amide bonds. The largest absolute Gasteiger partial charge is 0.410 e. The lowest BCUT2D eigenvalue weighted by Crippen LogP contribution is -1.94. The van der Waals surface area contributed by atoms with Crippen LogP contribution < -0.4 is 0 Å². The highest BCUT2D eigenvalue weighted by molar-refractivity contribution is 5.56. The van der Waals surface area contributed by atoms with E-state index in [-0.39, 0.29) is 0 Å². The first kappa shape index (κ1) is 20.6. The standard InChI is InChI=1S/C6H7N3O.C3H6.2C2H6/c1-3-5-6(4-2)9(10)8-7-5;1-3-2;2*1-2/h3-4,10H,1-2H2;3H,1H2,2H3;2*1-2H3. The van der Waals surface area contributed by atoms with Crippen molar-refractivity contribution in [2.45, 2.75) is 34.6 Å². The SMILES string of the molecule is C=CC.C=Cc1nnn(O)c1C=C.CC.CC. The predicted molar refractivity (Wildman–Crippen MR) is 76.0 cm³/mol. The number of allylic oxidation sites excluding steroid dienone is 1. The quantitative estimate of drug-likeness (QED) is 0.625. The molecule has 0 radical (unpaired) electrons. The summed E-state index contributed by atoms with van der Waals surface area (Å²) in [6, 6.07) is 0. The van der Waals surface area contributed by atoms with Crippen molar-refractivity contribution < 1.29 is 5.21 Å². The fourth-order valence-corrected chi connectivity index (χ4v) is 0.624. The van der Waals surface area contributed by atoms with Gasteiger partial charge in [-0.05, 0) is 24.3 Å². The average molecular weight is 239 g/mol. The Hall–Kier alpha value is -1.84. The lowest BCUT2D eigenvalue weighted by molar-refractivity contribution is 0.141. The van der Waals surface area contributed by atoms with Crippen molar-refractivity contribution in [3.05, 3.63) is 37.2 Å². The summed E-state index contributed by atoms with van der Waals surface area (Å²) in [5.41, 5.74) is 0.979. The van der Waals surface area contributed by atoms with Crippen molar-refractivity contribution in [2.24, 2.45) is 0 Å². The zero-order valence-corrected chi connectivity index (χ0v) is 11.6. The Morgan fingerprint density at radius 2 is 1.47 bits per heavy atom. The molecule has 0 bridgehead atoms. The highest BCUT2D eigenvalue weighted by Gasteiger charge is 2.03. The molecule has 1 aromatic rings. The minimum absolute atomic E-state index is 0.454. The molecular weight excluding hydrogens is 214 g/mol. The van der Waals surface area contributed by atoms with Gasteiger partial charge in [0, 0.05) is 0 Å². The van der Waals surface area contributed by atoms with Gasteiger partial charge in [0.05, 0.1) is 0 Å². The molecule has 1 N–H and O–H groups in total. The van der Waals surface area contributed by atoms with Crippen LogP contribution >= 0.6 is 0 Å². The Morgan fingerprint density at radius 1 is 1.06 bits per heavy atom. The molecule has 0 saturated carbocycles. The highest BCUT2D eigenvalue weighted by atomic mass is 16.5. The molecule has 1 aromatic heterocycles. The molecule has 0 aromatic carbocycles. The third-order valence-corrected chi connectivity index (χ3v) is 1.10. The van der Waals surface area contributed by atoms with Crippen molar-refractivity contribution in [2.75, 3.05) is 0 Å². The van der Waals surface area contributed by atoms with E-state index in [2.05, 4.69) is 30.0 Å². The average Bonchev–Trinajstić information content (AvgIpc) is 2.75. The van der Waals surface area contributed by atoms with Crippen LogP contribution in [0.1, 0.15) is 46.0 Å². The Balaban J connectivity index is -0.000000239. The lowest BCUT2D eigenvalue weighted by atomic mass is 10.3. The Morgan fingerprint density at radius 3 is 1.71 bits per heavy atom. The van der Waals surface area contributed by atoms with Crippen molar-refractivity contribution in [3.8, 4) is 0 Å². The molecule has 0 unspecified atom stereocenters. The van der Waals surface area contributed by atoms with E-state index in [0.717, 1.165) is 0 Å². The molecule has 17 heavy (non-hydrogen) atoms. The number of aromatic nitrogens is 3. The van der Waals surface area contributed by atoms with Crippen LogP contribution in [-0.4, -0.2) is 20.4 Å². The van der Waals surface area contributed by atoms with Crippen molar-refractivity contribution in [3.63, 3.8) is 0 Å². The fraction of sp³-hybridized carbons (Fsp3) is 0.385. The summed E-state index contributed by atoms with van der Waals surface area (Å²) < 4.78 is 0. The van der Waals surface area contributed by atoms with Crippen LogP contribution in [-0.2, 0) is 0 Å². The van der Waals surface area contributed by atoms with Crippen LogP contribution in [0.5, 0.6) is 0 Å². The van der Waals surface area contributed by atoms with Crippen molar-refractivity contribution in [1.29, 1.82) is 0 Å². The topological polar surface area (TPSA) is 50.9 Å². The predicted octanol–water partition coefficient (Wildman–Crippen LogP) is 4.05. The maximum atomic E-state index is 8.89. The zero-order chi connectivity index (χ0) is 14.3. The number of nitrogens with zero attached hydrogens (tertiary/aromatic N) is 3. The molecule has 4 heteroatoms. The summed E-state index contributed by atoms with van der Waals surface area (Å²) in [5.74, 6) is 0. The second-order valence-corrected chi connectivity index (χ2v) is 2.07. The Kier molecular flexibility index (Phi) is 20.1. The van der Waals surface area contributed by atoms with E-state index in [9.17, 15) is 0 Å². The molecule has 98 valence electrons. The van der Waals surface area contributed by atoms with Gasteiger partial charge in [0.25, 0.3) is 0 Å². The molecule has 1 rings (SSSR count). The van der Waals surface area contributed by atoms with Gasteiger partial charge in [-0.15, -0.1) is 11.7 Å². The molecule has 0 aliphatic carbocycles. The van der Waals surface area contributed by atoms with E-state index in [1.165, 1.54) is 12.2 Å². The maximum absolute atomic E-state index is 8.89. The van der Waals surface area contributed by atoms with Gasteiger partial charge in [0.1, 0.15) is 11.4 Å². The second-order valence-electron chi connectivity index (χ2n) is 2.07. The summed E-state index contributed by atoms with van der Waals surface area (Å²) in [4.78, 5) is 0.657. The van der Waals surface area contributed by atoms with E-state index in [1.54, 1.807) is 6.08 Å². The van der Waals surface area contributed by atoms with Crippen LogP contribution in [0.3, 0.4) is 0 Å². The second kappa shape index (κ2) is 16.6. The van der Waals surface area contributed by atoms with Gasteiger partial charge in [-0.2, -0.15) is 0 Å². The van der Waals surface area contributed by atoms with E-state index < -0.39 is 0 Å². The summed E-state index contributed by atoms with van der Waals surface area (Å²) in [6.45, 7) is 20.2. The first-order valence-corrected chi connectivity index (χ1v) is 5.68. The van der Waals surface area contributed by atoms with E-state index >= 15 is 0 Å². The van der Waals surface area contributed by atoms with Gasteiger partial charge >= 0.3 is 0 Å². The first-order chi connectivity index (χ1) is 8.21. The van der Waals surface area contributed by atoms with E-state index in [4.69, 9.17) is 5.21 Å². The minimum atomic E-state index is 0.454. The third kappa shape index (κ3) is 9.11. The van der Waals surface area contributed by atoms with Gasteiger partial charge in [0.15, 0.2) is 0 Å². The van der Waals surface area contributed by atoms with Crippen molar-refractivity contribution in [1.82, 2.24) is 15.2 Å². The maximum Gasteiger partial charge on any atom is 0.130 e. The Labute approximate surface area is 105 Å². The van der Waals surface area contributed by atoms with Gasteiger partial charge < -0.3 is 5.21 Å². The summed E-state index contributed by atoms with van der Waals surface area (Å²) >= 11 is 0. The lowest BCUT2D eigenvalue weighted by Gasteiger charge is -1.88. The molecule has 0 aliphatic rings. The van der Waals surface area contributed by atoms with Crippen molar-refractivity contribution >= 4 is 12.2 Å². The summed E-state index contributed by atoms with van der Waals surface area (Å²) in [7, 11) is 0. The van der Waals surface area contributed by atoms with E-state index in [0.29, 0.717) is 16.2 Å². The molecule has 0 fully saturated rings. The fourth-order valence-electron chi connectivity index (χ4n) is 0.624. The first-order valence-electron chi connectivity index (χ1n) is 5.68. The summed E-state index contributed by atoms with van der Waals surface area (Å²) in [6.07, 6.45) is 4.70. The Bertz CT molecular complexity index is 304. The highest BCUT2D eigenvalue weighted by Crippen LogP contribution is 2.05. The third-order valence-electron chi connectivity index (χ3n) is 1.10. The molecular formula is C13H25N3O. The number of hydrogen-bond acceptors (Lipinski definition) is 3. The smallest absolute Gasteiger partial charge is 0.130 e. The van der Waals surface area contributed by atoms with Gasteiger partial charge in [-0.1, -0.05) is 51.8 Å². The zero-order valence-electron chi connectivity index (χ0n) is 11.6. The van der Waals surface area contributed by atoms with Gasteiger partial charge in [-0.25, -0.2) is 0 Å². The van der Waals surface area contributed by atoms with Crippen LogP contribution in [0.4, 0.5) is 0 Å². The van der Waals surface area contributed by atoms with Crippen LogP contribution in [0.15, 0.2) is 25.8 Å². The van der Waals surface area contributed by atoms with Crippen LogP contribution in [0.2, 0.25) is 0 Å². The molecule has 0 atom stereocenters. The van der Waals surface area contributed by atoms with Crippen LogP contribution in [0, 0.1) is 0 Å². The molecule has 1 heterocycles. The monoisotopic (exact) mass is 239 g/mol. The summed E-state index contributed by atoms with van der Waals surface area (Å²) in [5, 5.41) is 15.8. The number of hydrogen-bond donors (Lipinski definition) is 1. The molecule has 4 nitrogen and oxygen atoms in total. The molecule has 0 aliphatic heterocycles. The van der Waals surface area contributed by atoms with Gasteiger partial charge in [0.2, 0.25) is 0 Å². The van der Waals surface area contributed by atoms with Crippen LogP contribution in [0.25, 0.3) is 12.2 Å². The number of rotatable bonds is 2. The normalized spacial score (nSPS) is 6.88. The molecule has 0 spiro atoms. The minimum Gasteiger partial charge on any atom is -0.410 e. The van der Waals surface area contributed by atoms with E-state index in [1.807, 2.05) is 34.6 Å². The van der Waals surface area contributed by atoms with Gasteiger partial charge in [-0.3, -0.25) is 0 Å².